The van der Waals surface area contributed by atoms with E-state index in [-0.39, 0.29) is 25.7 Å². The van der Waals surface area contributed by atoms with Crippen LogP contribution in [0.4, 0.5) is 123 Å². The molecule has 0 bridgehead atoms. The van der Waals surface area contributed by atoms with E-state index in [0.717, 1.165) is 0 Å². The van der Waals surface area contributed by atoms with Gasteiger partial charge in [0.05, 0.1) is 0 Å². The number of halogens is 28. The monoisotopic (exact) mass is 1270 g/mol. The quantitative estimate of drug-likeness (QED) is 0.0355. The molecule has 0 aliphatic carbocycles. The van der Waals surface area contributed by atoms with Gasteiger partial charge in [0.25, 0.3) is 0 Å². The number of alkyl halides is 28. The summed E-state index contributed by atoms with van der Waals surface area (Å²) in [6.07, 6.45) is -3.94. The van der Waals surface area contributed by atoms with Crippen LogP contribution >= 0.6 is 0 Å². The summed E-state index contributed by atoms with van der Waals surface area (Å²) in [6.45, 7) is -20.1. The van der Waals surface area contributed by atoms with Crippen molar-refractivity contribution >= 4 is 38.4 Å². The van der Waals surface area contributed by atoms with Crippen LogP contribution in [0.5, 0.6) is 0 Å². The number of hydrogen-bond donors (Lipinski definition) is 0. The predicted molar refractivity (Wildman–Crippen MR) is 184 cm³/mol. The van der Waals surface area contributed by atoms with Crippen molar-refractivity contribution in [3.8, 4) is 0 Å². The zero-order valence-corrected chi connectivity index (χ0v) is 40.7. The van der Waals surface area contributed by atoms with Gasteiger partial charge in [-0.15, -0.1) is 0 Å². The molecule has 0 atom stereocenters. The Hall–Kier alpha value is -0.483. The molecule has 0 amide bonds. The molecule has 0 aliphatic rings. The van der Waals surface area contributed by atoms with Crippen molar-refractivity contribution < 1.29 is 130 Å². The molecule has 33 heteroatoms. The number of unbranched alkanes of at least 4 members (excludes halogenated alkanes) is 12. The Labute approximate surface area is 374 Å². The first kappa shape index (κ1) is 66.5. The van der Waals surface area contributed by atoms with Crippen molar-refractivity contribution in [1.29, 1.82) is 0 Å². The maximum absolute atomic E-state index is 16.5. The van der Waals surface area contributed by atoms with Gasteiger partial charge in [-0.1, -0.05) is 0 Å². The zero-order valence-electron chi connectivity index (χ0n) is 34.9. The molecule has 0 aliphatic heterocycles. The van der Waals surface area contributed by atoms with Gasteiger partial charge in [-0.05, 0) is 0 Å². The minimum absolute atomic E-state index is 0.0626. The molecule has 0 saturated carbocycles. The Bertz CT molecular complexity index is 1300. The predicted octanol–water partition coefficient (Wildman–Crippen LogP) is 15.1. The molecule has 0 spiro atoms. The molecule has 0 rings (SSSR count). The van der Waals surface area contributed by atoms with Crippen LogP contribution in [0.2, 0.25) is 0 Å². The van der Waals surface area contributed by atoms with Crippen LogP contribution < -0.4 is 0 Å². The summed E-state index contributed by atoms with van der Waals surface area (Å²) in [7, 11) is 0. The van der Waals surface area contributed by atoms with Gasteiger partial charge >= 0.3 is 376 Å². The molecule has 404 valence electrons. The molecule has 0 heterocycles. The summed E-state index contributed by atoms with van der Waals surface area (Å²) in [6, 6.07) is 0. The van der Waals surface area contributed by atoms with E-state index < -0.39 is 180 Å². The summed E-state index contributed by atoms with van der Waals surface area (Å²) >= 11 is -25.4. The standard InChI is InChI=1S/2C9H19O.4C4H2F7.O.2Sn/c2*1-2-3-4-5-6-7-8-9-10;4*5-1-3(8,9)4(10,11)2(6)7;;;/h2*2-9H2,1H3;4*1H2;;;/q2*-1;;;;;;2*+1. The van der Waals surface area contributed by atoms with E-state index in [9.17, 15) is 52.7 Å². The Morgan fingerprint density at radius 2 is 0.463 bits per heavy atom. The molecule has 0 saturated heterocycles. The molecule has 0 N–H and O–H groups in total. The summed E-state index contributed by atoms with van der Waals surface area (Å²) in [4.78, 5) is 0. The second kappa shape index (κ2) is 24.0. The van der Waals surface area contributed by atoms with Crippen molar-refractivity contribution in [2.24, 2.45) is 0 Å². The molecule has 0 aromatic carbocycles. The van der Waals surface area contributed by atoms with Crippen molar-refractivity contribution in [2.75, 3.05) is 39.9 Å². The zero-order chi connectivity index (χ0) is 53.3. The number of hydrogen-bond acceptors (Lipinski definition) is 3. The fraction of sp³-hybridized carbons (Fsp3) is 1.00. The Balaban J connectivity index is 9.71. The van der Waals surface area contributed by atoms with Gasteiger partial charge in [0.15, 0.2) is 0 Å². The van der Waals surface area contributed by atoms with E-state index in [0.29, 0.717) is 25.7 Å². The van der Waals surface area contributed by atoms with Gasteiger partial charge in [0.2, 0.25) is 0 Å². The molecule has 0 radical (unpaired) electrons. The molecule has 0 aromatic rings. The summed E-state index contributed by atoms with van der Waals surface area (Å²) in [5, 5.41) is 0. The number of rotatable bonds is 36. The van der Waals surface area contributed by atoms with Crippen LogP contribution in [0.25, 0.3) is 0 Å². The van der Waals surface area contributed by atoms with Gasteiger partial charge in [-0.25, -0.2) is 0 Å². The second-order valence-electron chi connectivity index (χ2n) is 15.2. The molecule has 67 heavy (non-hydrogen) atoms. The van der Waals surface area contributed by atoms with Crippen molar-refractivity contribution in [1.82, 2.24) is 0 Å². The molecular formula is C34H46F28O3Sn2. The Morgan fingerprint density at radius 1 is 0.284 bits per heavy atom. The van der Waals surface area contributed by atoms with Gasteiger partial charge in [-0.2, -0.15) is 0 Å². The fourth-order valence-electron chi connectivity index (χ4n) is 5.91. The van der Waals surface area contributed by atoms with Gasteiger partial charge in [0.1, 0.15) is 0 Å². The fourth-order valence-corrected chi connectivity index (χ4v) is 42.3. The topological polar surface area (TPSA) is 27.7 Å². The average molecular weight is 1270 g/mol. The van der Waals surface area contributed by atoms with E-state index in [1.54, 1.807) is 13.8 Å². The van der Waals surface area contributed by atoms with Crippen LogP contribution in [0.1, 0.15) is 104 Å². The third-order valence-electron chi connectivity index (χ3n) is 10.1. The first-order chi connectivity index (χ1) is 30.1. The van der Waals surface area contributed by atoms with Crippen LogP contribution in [0.15, 0.2) is 0 Å². The Kier molecular flexibility index (Phi) is 23.9. The summed E-state index contributed by atoms with van der Waals surface area (Å²) < 4.78 is 399. The van der Waals surface area contributed by atoms with Crippen molar-refractivity contribution in [3.63, 3.8) is 0 Å². The average Bonchev–Trinajstić information content (AvgIpc) is 3.23. The van der Waals surface area contributed by atoms with E-state index in [1.165, 1.54) is 0 Å². The molecule has 0 aromatic heterocycles. The normalized spacial score (nSPS) is 15.5. The van der Waals surface area contributed by atoms with E-state index in [1.807, 2.05) is 0 Å². The van der Waals surface area contributed by atoms with E-state index in [4.69, 9.17) is 0 Å². The van der Waals surface area contributed by atoms with Gasteiger partial charge in [0, 0.05) is 0 Å². The molecule has 0 unspecified atom stereocenters. The third-order valence-corrected chi connectivity index (χ3v) is 39.3. The summed E-state index contributed by atoms with van der Waals surface area (Å²) in [5.41, 5.74) is 0. The maximum atomic E-state index is 16.5. The molecule has 3 nitrogen and oxygen atoms in total. The van der Waals surface area contributed by atoms with Crippen molar-refractivity contribution in [3.05, 3.63) is 0 Å². The molecule has 0 fully saturated rings. The van der Waals surface area contributed by atoms with Crippen molar-refractivity contribution in [2.45, 2.75) is 167 Å². The minimum atomic E-state index is -12.7. The van der Waals surface area contributed by atoms with Gasteiger partial charge in [-0.3, -0.25) is 0 Å². The van der Waals surface area contributed by atoms with E-state index >= 15 is 70.2 Å². The second-order valence-corrected chi connectivity index (χ2v) is 35.6. The van der Waals surface area contributed by atoms with Crippen LogP contribution in [-0.4, -0.2) is 141 Å². The van der Waals surface area contributed by atoms with E-state index in [2.05, 4.69) is 7.56 Å². The Morgan fingerprint density at radius 3 is 0.642 bits per heavy atom. The van der Waals surface area contributed by atoms with Crippen LogP contribution in [-0.2, 0) is 7.56 Å². The van der Waals surface area contributed by atoms with Gasteiger partial charge < -0.3 is 0 Å². The third kappa shape index (κ3) is 12.1. The van der Waals surface area contributed by atoms with Crippen LogP contribution in [0, 0.1) is 0 Å². The molecular weight excluding hydrogens is 1230 g/mol. The first-order valence-electron chi connectivity index (χ1n) is 19.8. The van der Waals surface area contributed by atoms with Crippen LogP contribution in [0.3, 0.4) is 0 Å². The SMILES string of the molecule is CCCCCCCCC[O][Sn]([O][Sn]([O]CCCCCCCCC)([C](F)(F)C(F)(F)C(F)(F)CF)[C](F)(F)C(F)(F)C(F)(F)CF)([C](F)(F)C(F)(F)C(F)(F)CF)[C](F)(F)C(F)(F)C(F)(F)CF. The summed E-state index contributed by atoms with van der Waals surface area (Å²) in [5.74, 6) is -64.7. The first-order valence-corrected chi connectivity index (χ1v) is 30.2.